The monoisotopic (exact) mass is 420 g/mol. The molecular formula is C22H21FN6O2. The molecule has 31 heavy (non-hydrogen) atoms. The van der Waals surface area contributed by atoms with E-state index in [4.69, 9.17) is 4.52 Å². The standard InChI is InChI=1S/C22H21FN6O2/c1-13(2)20-27-22(31-28-20)15-8-9-24-19(10-15)29-14(3)17(12-26-29)21(30)25-11-16-6-4-5-7-18(16)23/h4-10,12-13H,11H2,1-3H3,(H,25,30). The van der Waals surface area contributed by atoms with Crippen LogP contribution in [0.4, 0.5) is 4.39 Å². The van der Waals surface area contributed by atoms with Gasteiger partial charge in [0.05, 0.1) is 17.5 Å². The van der Waals surface area contributed by atoms with Crippen LogP contribution in [0.3, 0.4) is 0 Å². The molecule has 0 bridgehead atoms. The van der Waals surface area contributed by atoms with Gasteiger partial charge in [-0.2, -0.15) is 10.1 Å². The lowest BCUT2D eigenvalue weighted by Gasteiger charge is -2.07. The Morgan fingerprint density at radius 3 is 2.81 bits per heavy atom. The minimum absolute atomic E-state index is 0.0825. The summed E-state index contributed by atoms with van der Waals surface area (Å²) < 4.78 is 20.7. The van der Waals surface area contributed by atoms with Crippen LogP contribution < -0.4 is 5.32 Å². The molecule has 1 aromatic carbocycles. The van der Waals surface area contributed by atoms with E-state index in [0.717, 1.165) is 0 Å². The number of benzene rings is 1. The molecule has 0 spiro atoms. The van der Waals surface area contributed by atoms with Gasteiger partial charge in [0.15, 0.2) is 11.6 Å². The van der Waals surface area contributed by atoms with Gasteiger partial charge in [-0.25, -0.2) is 14.1 Å². The van der Waals surface area contributed by atoms with Crippen molar-refractivity contribution in [3.8, 4) is 17.3 Å². The van der Waals surface area contributed by atoms with Gasteiger partial charge >= 0.3 is 0 Å². The van der Waals surface area contributed by atoms with E-state index in [9.17, 15) is 9.18 Å². The number of carbonyl (C=O) groups is 1. The number of hydrogen-bond acceptors (Lipinski definition) is 6. The number of hydrogen-bond donors (Lipinski definition) is 1. The quantitative estimate of drug-likeness (QED) is 0.509. The zero-order chi connectivity index (χ0) is 22.0. The van der Waals surface area contributed by atoms with Crippen LogP contribution in [-0.4, -0.2) is 30.8 Å². The van der Waals surface area contributed by atoms with Crippen LogP contribution in [0, 0.1) is 12.7 Å². The van der Waals surface area contributed by atoms with Crippen molar-refractivity contribution in [2.45, 2.75) is 33.2 Å². The Balaban J connectivity index is 1.55. The van der Waals surface area contributed by atoms with Crippen LogP contribution in [0.15, 0.2) is 53.3 Å². The van der Waals surface area contributed by atoms with Gasteiger partial charge in [0.2, 0.25) is 0 Å². The molecule has 9 heteroatoms. The first-order chi connectivity index (χ1) is 14.9. The summed E-state index contributed by atoms with van der Waals surface area (Å²) in [5, 5.41) is 11.0. The number of carbonyl (C=O) groups excluding carboxylic acids is 1. The predicted octanol–water partition coefficient (Wildman–Crippen LogP) is 3.82. The summed E-state index contributed by atoms with van der Waals surface area (Å²) in [5.41, 5.74) is 2.09. The fourth-order valence-corrected chi connectivity index (χ4v) is 3.03. The largest absolute Gasteiger partial charge is 0.348 e. The first-order valence-corrected chi connectivity index (χ1v) is 9.80. The molecule has 0 aliphatic rings. The Hall–Kier alpha value is -3.88. The van der Waals surface area contributed by atoms with Crippen molar-refractivity contribution in [2.75, 3.05) is 0 Å². The Morgan fingerprint density at radius 1 is 1.26 bits per heavy atom. The van der Waals surface area contributed by atoms with Crippen LogP contribution in [0.5, 0.6) is 0 Å². The van der Waals surface area contributed by atoms with E-state index in [-0.39, 0.29) is 24.2 Å². The second-order valence-corrected chi connectivity index (χ2v) is 7.34. The Kier molecular flexibility index (Phi) is 5.57. The highest BCUT2D eigenvalue weighted by molar-refractivity contribution is 5.95. The Bertz CT molecular complexity index is 1230. The summed E-state index contributed by atoms with van der Waals surface area (Å²) in [6.45, 7) is 5.82. The van der Waals surface area contributed by atoms with E-state index in [2.05, 4.69) is 25.5 Å². The van der Waals surface area contributed by atoms with Crippen molar-refractivity contribution < 1.29 is 13.7 Å². The zero-order valence-corrected chi connectivity index (χ0v) is 17.3. The summed E-state index contributed by atoms with van der Waals surface area (Å²) in [7, 11) is 0. The SMILES string of the molecule is Cc1c(C(=O)NCc2ccccc2F)cnn1-c1cc(-c2nc(C(C)C)no2)ccn1. The van der Waals surface area contributed by atoms with Gasteiger partial charge in [0.25, 0.3) is 11.8 Å². The smallest absolute Gasteiger partial charge is 0.258 e. The molecule has 0 radical (unpaired) electrons. The highest BCUT2D eigenvalue weighted by atomic mass is 19.1. The molecule has 0 saturated carbocycles. The molecule has 4 rings (SSSR count). The average Bonchev–Trinajstić information content (AvgIpc) is 3.40. The molecule has 158 valence electrons. The van der Waals surface area contributed by atoms with E-state index in [1.807, 2.05) is 13.8 Å². The van der Waals surface area contributed by atoms with E-state index in [0.29, 0.717) is 39.9 Å². The molecule has 1 N–H and O–H groups in total. The van der Waals surface area contributed by atoms with Gasteiger partial charge in [-0.15, -0.1) is 0 Å². The summed E-state index contributed by atoms with van der Waals surface area (Å²) in [6.07, 6.45) is 3.08. The second-order valence-electron chi connectivity index (χ2n) is 7.34. The molecule has 0 aliphatic carbocycles. The third-order valence-corrected chi connectivity index (χ3v) is 4.82. The van der Waals surface area contributed by atoms with Gasteiger partial charge in [-0.1, -0.05) is 37.2 Å². The van der Waals surface area contributed by atoms with Crippen molar-refractivity contribution >= 4 is 5.91 Å². The first kappa shape index (κ1) is 20.4. The van der Waals surface area contributed by atoms with E-state index in [1.54, 1.807) is 48.1 Å². The highest BCUT2D eigenvalue weighted by Gasteiger charge is 2.18. The van der Waals surface area contributed by atoms with Crippen molar-refractivity contribution in [2.24, 2.45) is 0 Å². The number of amides is 1. The number of halogens is 1. The number of pyridine rings is 1. The summed E-state index contributed by atoms with van der Waals surface area (Å²) in [5.74, 6) is 0.960. The number of aromatic nitrogens is 5. The van der Waals surface area contributed by atoms with Crippen LogP contribution in [-0.2, 0) is 6.54 Å². The first-order valence-electron chi connectivity index (χ1n) is 9.80. The fourth-order valence-electron chi connectivity index (χ4n) is 3.03. The van der Waals surface area contributed by atoms with E-state index >= 15 is 0 Å². The third-order valence-electron chi connectivity index (χ3n) is 4.82. The maximum absolute atomic E-state index is 13.8. The minimum Gasteiger partial charge on any atom is -0.348 e. The minimum atomic E-state index is -0.363. The molecule has 0 fully saturated rings. The Morgan fingerprint density at radius 2 is 2.06 bits per heavy atom. The Labute approximate surface area is 178 Å². The van der Waals surface area contributed by atoms with Crippen molar-refractivity contribution in [1.29, 1.82) is 0 Å². The summed E-state index contributed by atoms with van der Waals surface area (Å²) in [6, 6.07) is 9.84. The lowest BCUT2D eigenvalue weighted by Crippen LogP contribution is -2.23. The normalized spacial score (nSPS) is 11.1. The molecular weight excluding hydrogens is 399 g/mol. The third kappa shape index (κ3) is 4.20. The van der Waals surface area contributed by atoms with Crippen molar-refractivity contribution in [1.82, 2.24) is 30.2 Å². The average molecular weight is 420 g/mol. The lowest BCUT2D eigenvalue weighted by atomic mass is 10.2. The van der Waals surface area contributed by atoms with E-state index in [1.165, 1.54) is 12.3 Å². The molecule has 0 atom stereocenters. The fraction of sp³-hybridized carbons (Fsp3) is 0.227. The molecule has 1 amide bonds. The highest BCUT2D eigenvalue weighted by Crippen LogP contribution is 2.22. The van der Waals surface area contributed by atoms with Crippen molar-refractivity contribution in [3.63, 3.8) is 0 Å². The van der Waals surface area contributed by atoms with Crippen LogP contribution in [0.25, 0.3) is 17.3 Å². The molecule has 0 saturated heterocycles. The molecule has 3 aromatic heterocycles. The second kappa shape index (κ2) is 8.47. The van der Waals surface area contributed by atoms with Gasteiger partial charge in [-0.3, -0.25) is 4.79 Å². The molecule has 0 unspecified atom stereocenters. The zero-order valence-electron chi connectivity index (χ0n) is 17.3. The molecule has 8 nitrogen and oxygen atoms in total. The van der Waals surface area contributed by atoms with Gasteiger partial charge in [0.1, 0.15) is 5.82 Å². The molecule has 3 heterocycles. The molecule has 0 aliphatic heterocycles. The van der Waals surface area contributed by atoms with Crippen LogP contribution >= 0.6 is 0 Å². The van der Waals surface area contributed by atoms with Gasteiger partial charge in [-0.05, 0) is 25.1 Å². The van der Waals surface area contributed by atoms with Crippen molar-refractivity contribution in [3.05, 3.63) is 77.3 Å². The predicted molar refractivity (Wildman–Crippen MR) is 111 cm³/mol. The summed E-state index contributed by atoms with van der Waals surface area (Å²) in [4.78, 5) is 21.4. The lowest BCUT2D eigenvalue weighted by molar-refractivity contribution is 0.0950. The number of nitrogens with one attached hydrogen (secondary N) is 1. The maximum atomic E-state index is 13.8. The van der Waals surface area contributed by atoms with E-state index < -0.39 is 0 Å². The molecule has 4 aromatic rings. The number of rotatable bonds is 6. The topological polar surface area (TPSA) is 98.7 Å². The van der Waals surface area contributed by atoms with Crippen LogP contribution in [0.1, 0.15) is 47.2 Å². The number of nitrogens with zero attached hydrogens (tertiary/aromatic N) is 5. The maximum Gasteiger partial charge on any atom is 0.258 e. The van der Waals surface area contributed by atoms with Crippen LogP contribution in [0.2, 0.25) is 0 Å². The summed E-state index contributed by atoms with van der Waals surface area (Å²) >= 11 is 0. The van der Waals surface area contributed by atoms with Gasteiger partial charge < -0.3 is 9.84 Å². The van der Waals surface area contributed by atoms with Gasteiger partial charge in [0, 0.05) is 29.8 Å².